The Morgan fingerprint density at radius 1 is 1.20 bits per heavy atom. The third kappa shape index (κ3) is 5.32. The minimum atomic E-state index is -1.44. The van der Waals surface area contributed by atoms with Crippen LogP contribution < -0.4 is 30.9 Å². The summed E-state index contributed by atoms with van der Waals surface area (Å²) >= 11 is 3.09. The number of thioether (sulfide) groups is 1. The molecular formula is C26H29N7O6S2. The zero-order chi connectivity index (χ0) is 28.5. The molecule has 41 heavy (non-hydrogen) atoms. The van der Waals surface area contributed by atoms with Gasteiger partial charge in [0.05, 0.1) is 26.0 Å². The van der Waals surface area contributed by atoms with Gasteiger partial charge in [0.1, 0.15) is 23.9 Å². The van der Waals surface area contributed by atoms with E-state index in [2.05, 4.69) is 25.5 Å². The molecule has 0 amide bonds. The Morgan fingerprint density at radius 3 is 2.61 bits per heavy atom. The fourth-order valence-electron chi connectivity index (χ4n) is 5.13. The van der Waals surface area contributed by atoms with E-state index in [1.807, 2.05) is 11.8 Å². The van der Waals surface area contributed by atoms with Crippen molar-refractivity contribution in [3.05, 3.63) is 52.7 Å². The molecule has 2 aliphatic heterocycles. The second kappa shape index (κ2) is 11.6. The third-order valence-electron chi connectivity index (χ3n) is 7.12. The predicted molar refractivity (Wildman–Crippen MR) is 155 cm³/mol. The molecule has 2 fully saturated rings. The molecule has 216 valence electrons. The Bertz CT molecular complexity index is 1550. The molecule has 3 atom stereocenters. The summed E-state index contributed by atoms with van der Waals surface area (Å²) in [5, 5.41) is 26.7. The number of nitrogens with two attached hydrogens (primary N) is 1. The zero-order valence-electron chi connectivity index (χ0n) is 22.4. The van der Waals surface area contributed by atoms with Crippen LogP contribution >= 0.6 is 23.1 Å². The van der Waals surface area contributed by atoms with Gasteiger partial charge in [-0.3, -0.25) is 4.90 Å². The molecule has 0 radical (unpaired) electrons. The highest BCUT2D eigenvalue weighted by Gasteiger charge is 2.41. The summed E-state index contributed by atoms with van der Waals surface area (Å²) in [6, 6.07) is 9.58. The molecule has 4 aromatic rings. The van der Waals surface area contributed by atoms with Crippen molar-refractivity contribution in [2.75, 3.05) is 49.9 Å². The van der Waals surface area contributed by atoms with E-state index in [-0.39, 0.29) is 16.6 Å². The minimum absolute atomic E-state index is 0.0103. The second-order valence-corrected chi connectivity index (χ2v) is 11.5. The number of nitrogens with one attached hydrogen (secondary N) is 1. The number of nitrogens with zero attached hydrogens (tertiary/aromatic N) is 5. The Labute approximate surface area is 243 Å². The van der Waals surface area contributed by atoms with Gasteiger partial charge in [-0.25, -0.2) is 4.79 Å². The Morgan fingerprint density at radius 2 is 1.95 bits per heavy atom. The van der Waals surface area contributed by atoms with Gasteiger partial charge in [0, 0.05) is 41.8 Å². The van der Waals surface area contributed by atoms with E-state index < -0.39 is 11.9 Å². The summed E-state index contributed by atoms with van der Waals surface area (Å²) in [6.07, 6.45) is 1.31. The number of ether oxygens (including phenoxy) is 3. The maximum Gasteiger partial charge on any atom is 0.379 e. The van der Waals surface area contributed by atoms with Crippen molar-refractivity contribution in [1.82, 2.24) is 24.9 Å². The van der Waals surface area contributed by atoms with Crippen molar-refractivity contribution >= 4 is 34.0 Å². The average molecular weight is 600 g/mol. The monoisotopic (exact) mass is 599 g/mol. The van der Waals surface area contributed by atoms with Crippen LogP contribution in [0.4, 0.5) is 10.9 Å². The number of aliphatic hydroxyl groups is 1. The summed E-state index contributed by atoms with van der Waals surface area (Å²) in [4.78, 5) is 15.8. The van der Waals surface area contributed by atoms with Crippen molar-refractivity contribution in [2.24, 2.45) is 0 Å². The number of aliphatic hydroxyl groups excluding tert-OH is 1. The van der Waals surface area contributed by atoms with Gasteiger partial charge in [-0.05, 0) is 24.6 Å². The van der Waals surface area contributed by atoms with Crippen LogP contribution in [0.25, 0.3) is 16.3 Å². The Balaban J connectivity index is 1.30. The number of nitrogen functional groups attached to an aromatic ring is 1. The number of hydrogen-bond acceptors (Lipinski definition) is 14. The molecule has 6 rings (SSSR count). The highest BCUT2D eigenvalue weighted by Crippen LogP contribution is 2.43. The van der Waals surface area contributed by atoms with Crippen LogP contribution in [-0.2, 0) is 0 Å². The molecule has 0 aliphatic carbocycles. The van der Waals surface area contributed by atoms with Crippen molar-refractivity contribution in [1.29, 1.82) is 0 Å². The molecule has 5 heterocycles. The van der Waals surface area contributed by atoms with Crippen LogP contribution in [0, 0.1) is 0 Å². The van der Waals surface area contributed by atoms with Crippen molar-refractivity contribution in [3.8, 4) is 33.5 Å². The summed E-state index contributed by atoms with van der Waals surface area (Å²) in [5.74, 6) is 3.51. The molecular weight excluding hydrogens is 570 g/mol. The van der Waals surface area contributed by atoms with E-state index >= 15 is 0 Å². The van der Waals surface area contributed by atoms with Crippen LogP contribution in [0.2, 0.25) is 0 Å². The lowest BCUT2D eigenvalue weighted by atomic mass is 9.95. The van der Waals surface area contributed by atoms with Crippen molar-refractivity contribution in [3.63, 3.8) is 0 Å². The fourth-order valence-corrected chi connectivity index (χ4v) is 7.21. The van der Waals surface area contributed by atoms with Gasteiger partial charge in [0.2, 0.25) is 16.0 Å². The van der Waals surface area contributed by atoms with Crippen LogP contribution in [-0.4, -0.2) is 80.9 Å². The van der Waals surface area contributed by atoms with E-state index in [9.17, 15) is 9.90 Å². The molecule has 0 saturated carbocycles. The molecule has 3 aromatic heterocycles. The standard InChI is InChI=1S/C26H29N7O6S2/c1-36-17-4-3-5-18(37-2)21(17)16-11-19(23(34)29-25-30-31-26(41-25)33-20(27)6-7-28-33)39-24(35)22(16)38-9-8-32-14-10-15(32)13-40-12-14/h3-7,11,14-15,23,34H,8-10,12-13,27H2,1-2H3,(H,29,30). The van der Waals surface area contributed by atoms with Gasteiger partial charge in [-0.1, -0.05) is 17.4 Å². The van der Waals surface area contributed by atoms with Gasteiger partial charge in [0.25, 0.3) is 0 Å². The van der Waals surface area contributed by atoms with Crippen LogP contribution in [0.15, 0.2) is 45.7 Å². The second-order valence-electron chi connectivity index (χ2n) is 9.49. The third-order valence-corrected chi connectivity index (χ3v) is 9.19. The molecule has 15 heteroatoms. The first-order valence-electron chi connectivity index (χ1n) is 12.9. The Kier molecular flexibility index (Phi) is 7.75. The van der Waals surface area contributed by atoms with E-state index in [0.29, 0.717) is 58.8 Å². The minimum Gasteiger partial charge on any atom is -0.496 e. The molecule has 13 nitrogen and oxygen atoms in total. The smallest absolute Gasteiger partial charge is 0.379 e. The highest BCUT2D eigenvalue weighted by atomic mass is 32.2. The number of hydrogen-bond donors (Lipinski definition) is 3. The number of rotatable bonds is 11. The van der Waals surface area contributed by atoms with E-state index in [0.717, 1.165) is 22.8 Å². The molecule has 2 aliphatic rings. The molecule has 4 N–H and O–H groups in total. The summed E-state index contributed by atoms with van der Waals surface area (Å²) < 4.78 is 24.3. The van der Waals surface area contributed by atoms with Crippen molar-refractivity contribution < 1.29 is 23.7 Å². The normalized spacial score (nSPS) is 18.9. The van der Waals surface area contributed by atoms with Crippen LogP contribution in [0.5, 0.6) is 17.2 Å². The van der Waals surface area contributed by atoms with Crippen molar-refractivity contribution in [2.45, 2.75) is 24.7 Å². The van der Waals surface area contributed by atoms with Gasteiger partial charge in [-0.15, -0.1) is 10.2 Å². The predicted octanol–water partition coefficient (Wildman–Crippen LogP) is 2.61. The maximum absolute atomic E-state index is 13.4. The molecule has 3 unspecified atom stereocenters. The molecule has 2 saturated heterocycles. The molecule has 1 aromatic carbocycles. The average Bonchev–Trinajstić information content (AvgIpc) is 3.63. The van der Waals surface area contributed by atoms with E-state index in [1.165, 1.54) is 31.4 Å². The van der Waals surface area contributed by atoms with Gasteiger partial charge >= 0.3 is 5.63 Å². The van der Waals surface area contributed by atoms with Gasteiger partial charge in [0.15, 0.2) is 12.0 Å². The van der Waals surface area contributed by atoms with E-state index in [1.54, 1.807) is 30.5 Å². The topological polar surface area (TPSA) is 163 Å². The summed E-state index contributed by atoms with van der Waals surface area (Å²) in [7, 11) is 3.06. The molecule has 0 spiro atoms. The van der Waals surface area contributed by atoms with Gasteiger partial charge < -0.3 is 34.8 Å². The Hall–Kier alpha value is -3.79. The number of methoxy groups -OCH3 is 2. The lowest BCUT2D eigenvalue weighted by Gasteiger charge is -2.52. The number of anilines is 2. The first-order valence-corrected chi connectivity index (χ1v) is 14.9. The largest absolute Gasteiger partial charge is 0.496 e. The summed E-state index contributed by atoms with van der Waals surface area (Å²) in [6.45, 7) is 1.00. The lowest BCUT2D eigenvalue weighted by Crippen LogP contribution is -2.62. The first-order chi connectivity index (χ1) is 20.0. The van der Waals surface area contributed by atoms with E-state index in [4.69, 9.17) is 24.4 Å². The summed E-state index contributed by atoms with van der Waals surface area (Å²) in [5.41, 5.74) is 6.02. The highest BCUT2D eigenvalue weighted by molar-refractivity contribution is 7.99. The zero-order valence-corrected chi connectivity index (χ0v) is 24.0. The fraction of sp³-hybridized carbons (Fsp3) is 0.385. The maximum atomic E-state index is 13.4. The van der Waals surface area contributed by atoms with Crippen LogP contribution in [0.1, 0.15) is 18.4 Å². The van der Waals surface area contributed by atoms with Crippen LogP contribution in [0.3, 0.4) is 0 Å². The molecule has 2 bridgehead atoms. The first kappa shape index (κ1) is 27.4. The lowest BCUT2D eigenvalue weighted by molar-refractivity contribution is 0.0245. The quantitative estimate of drug-likeness (QED) is 0.216. The number of aromatic nitrogens is 4. The SMILES string of the molecule is COc1cccc(OC)c1-c1cc(C(O)Nc2nnc(-n3nccc3N)s2)oc(=O)c1OCCN1C2CSCC1C2. The number of benzene rings is 1. The number of fused-ring (bicyclic) bond motifs is 2. The van der Waals surface area contributed by atoms with Gasteiger partial charge in [-0.2, -0.15) is 21.5 Å².